The highest BCUT2D eigenvalue weighted by atomic mass is 16.5. The predicted molar refractivity (Wildman–Crippen MR) is 54.7 cm³/mol. The van der Waals surface area contributed by atoms with Crippen LogP contribution in [0.5, 0.6) is 0 Å². The van der Waals surface area contributed by atoms with Gasteiger partial charge in [0.05, 0.1) is 19.3 Å². The number of hydrogen-bond acceptors (Lipinski definition) is 3. The topological polar surface area (TPSA) is 49.7 Å². The molecule has 0 amide bonds. The molecule has 0 aromatic heterocycles. The largest absolute Gasteiger partial charge is 0.394 e. The molecule has 0 saturated carbocycles. The van der Waals surface area contributed by atoms with E-state index in [0.717, 1.165) is 12.5 Å². The molecule has 0 aromatic carbocycles. The Bertz CT molecular complexity index is 72.2. The molecule has 0 rings (SSSR count). The molecule has 0 heterocycles. The standard InChI is InChI=1S/C8H18O.C2H6O2/c1-7(2)5-6-9-8(3)4;3-1-2-4/h7-8H,5-6H2,1-4H3;3-4H,1-2H2. The lowest BCUT2D eigenvalue weighted by atomic mass is 10.1. The average Bonchev–Trinajstić information content (AvgIpc) is 2.03. The summed E-state index contributed by atoms with van der Waals surface area (Å²) in [4.78, 5) is 0. The number of ether oxygens (including phenoxy) is 1. The molecule has 0 aliphatic carbocycles. The summed E-state index contributed by atoms with van der Waals surface area (Å²) in [5.74, 6) is 0.767. The molecular weight excluding hydrogens is 168 g/mol. The summed E-state index contributed by atoms with van der Waals surface area (Å²) in [5.41, 5.74) is 0. The highest BCUT2D eigenvalue weighted by molar-refractivity contribution is 4.43. The molecule has 0 bridgehead atoms. The van der Waals surface area contributed by atoms with Crippen LogP contribution >= 0.6 is 0 Å². The first-order valence-electron chi connectivity index (χ1n) is 4.87. The molecule has 2 N–H and O–H groups in total. The fraction of sp³-hybridized carbons (Fsp3) is 1.00. The summed E-state index contributed by atoms with van der Waals surface area (Å²) in [7, 11) is 0. The van der Waals surface area contributed by atoms with Gasteiger partial charge in [-0.05, 0) is 26.2 Å². The van der Waals surface area contributed by atoms with Crippen LogP contribution in [0.15, 0.2) is 0 Å². The Morgan fingerprint density at radius 3 is 1.69 bits per heavy atom. The van der Waals surface area contributed by atoms with Crippen molar-refractivity contribution in [1.29, 1.82) is 0 Å². The first kappa shape index (κ1) is 15.4. The van der Waals surface area contributed by atoms with E-state index in [0.29, 0.717) is 6.10 Å². The smallest absolute Gasteiger partial charge is 0.0662 e. The van der Waals surface area contributed by atoms with Crippen molar-refractivity contribution in [3.05, 3.63) is 0 Å². The molecule has 0 fully saturated rings. The summed E-state index contributed by atoms with van der Waals surface area (Å²) >= 11 is 0. The van der Waals surface area contributed by atoms with Gasteiger partial charge in [-0.1, -0.05) is 13.8 Å². The van der Waals surface area contributed by atoms with Crippen molar-refractivity contribution < 1.29 is 14.9 Å². The van der Waals surface area contributed by atoms with Crippen molar-refractivity contribution in [3.63, 3.8) is 0 Å². The van der Waals surface area contributed by atoms with Crippen LogP contribution in [0, 0.1) is 5.92 Å². The minimum Gasteiger partial charge on any atom is -0.394 e. The van der Waals surface area contributed by atoms with Crippen molar-refractivity contribution in [3.8, 4) is 0 Å². The number of hydrogen-bond donors (Lipinski definition) is 2. The quantitative estimate of drug-likeness (QED) is 0.692. The van der Waals surface area contributed by atoms with Crippen molar-refractivity contribution >= 4 is 0 Å². The molecular formula is C10H24O3. The second kappa shape index (κ2) is 11.9. The molecule has 0 aromatic rings. The van der Waals surface area contributed by atoms with Crippen molar-refractivity contribution in [2.24, 2.45) is 5.92 Å². The van der Waals surface area contributed by atoms with Gasteiger partial charge < -0.3 is 14.9 Å². The van der Waals surface area contributed by atoms with Gasteiger partial charge in [-0.25, -0.2) is 0 Å². The van der Waals surface area contributed by atoms with Gasteiger partial charge >= 0.3 is 0 Å². The lowest BCUT2D eigenvalue weighted by molar-refractivity contribution is 0.0710. The summed E-state index contributed by atoms with van der Waals surface area (Å²) in [6.07, 6.45) is 1.57. The molecule has 13 heavy (non-hydrogen) atoms. The lowest BCUT2D eigenvalue weighted by Crippen LogP contribution is -2.05. The van der Waals surface area contributed by atoms with E-state index in [2.05, 4.69) is 27.7 Å². The summed E-state index contributed by atoms with van der Waals surface area (Å²) in [6.45, 7) is 9.23. The first-order valence-corrected chi connectivity index (χ1v) is 4.87. The van der Waals surface area contributed by atoms with Crippen molar-refractivity contribution in [2.75, 3.05) is 19.8 Å². The molecule has 0 aliphatic heterocycles. The predicted octanol–water partition coefficient (Wildman–Crippen LogP) is 1.43. The molecule has 3 heteroatoms. The molecule has 0 spiro atoms. The van der Waals surface area contributed by atoms with Gasteiger partial charge in [0.1, 0.15) is 0 Å². The molecule has 0 aliphatic rings. The maximum atomic E-state index is 7.62. The van der Waals surface area contributed by atoms with Crippen LogP contribution in [-0.2, 0) is 4.74 Å². The van der Waals surface area contributed by atoms with Crippen LogP contribution in [0.2, 0.25) is 0 Å². The molecule has 3 nitrogen and oxygen atoms in total. The van der Waals surface area contributed by atoms with Gasteiger partial charge in [0.2, 0.25) is 0 Å². The molecule has 0 radical (unpaired) electrons. The van der Waals surface area contributed by atoms with E-state index in [1.165, 1.54) is 6.42 Å². The van der Waals surface area contributed by atoms with E-state index < -0.39 is 0 Å². The summed E-state index contributed by atoms with van der Waals surface area (Å²) in [5, 5.41) is 15.2. The summed E-state index contributed by atoms with van der Waals surface area (Å²) < 4.78 is 5.35. The van der Waals surface area contributed by atoms with Crippen LogP contribution in [0.1, 0.15) is 34.1 Å². The fourth-order valence-electron chi connectivity index (χ4n) is 0.539. The first-order chi connectivity index (χ1) is 6.04. The van der Waals surface area contributed by atoms with Gasteiger partial charge in [-0.15, -0.1) is 0 Å². The minimum absolute atomic E-state index is 0.125. The van der Waals surface area contributed by atoms with Crippen molar-refractivity contribution in [2.45, 2.75) is 40.2 Å². The average molecular weight is 192 g/mol. The number of rotatable bonds is 5. The number of aliphatic hydroxyl groups is 2. The van der Waals surface area contributed by atoms with Crippen molar-refractivity contribution in [1.82, 2.24) is 0 Å². The van der Waals surface area contributed by atoms with Gasteiger partial charge in [-0.2, -0.15) is 0 Å². The van der Waals surface area contributed by atoms with E-state index >= 15 is 0 Å². The van der Waals surface area contributed by atoms with Gasteiger partial charge in [-0.3, -0.25) is 0 Å². The molecule has 82 valence electrons. The molecule has 0 saturated heterocycles. The maximum absolute atomic E-state index is 7.62. The van der Waals surface area contributed by atoms with Crippen LogP contribution in [0.25, 0.3) is 0 Å². The SMILES string of the molecule is CC(C)CCOC(C)C.OCCO. The summed E-state index contributed by atoms with van der Waals surface area (Å²) in [6, 6.07) is 0. The Morgan fingerprint density at radius 2 is 1.46 bits per heavy atom. The van der Waals surface area contributed by atoms with E-state index in [9.17, 15) is 0 Å². The van der Waals surface area contributed by atoms with Crippen LogP contribution < -0.4 is 0 Å². The van der Waals surface area contributed by atoms with E-state index in [4.69, 9.17) is 14.9 Å². The third kappa shape index (κ3) is 24.5. The van der Waals surface area contributed by atoms with E-state index in [-0.39, 0.29) is 13.2 Å². The van der Waals surface area contributed by atoms with Crippen LogP contribution in [-0.4, -0.2) is 36.1 Å². The highest BCUT2D eigenvalue weighted by Crippen LogP contribution is 2.00. The third-order valence-electron chi connectivity index (χ3n) is 1.25. The van der Waals surface area contributed by atoms with Gasteiger partial charge in [0.15, 0.2) is 0 Å². The second-order valence-corrected chi connectivity index (χ2v) is 3.55. The third-order valence-corrected chi connectivity index (χ3v) is 1.25. The highest BCUT2D eigenvalue weighted by Gasteiger charge is 1.95. The zero-order valence-corrected chi connectivity index (χ0v) is 9.29. The van der Waals surface area contributed by atoms with Crippen LogP contribution in [0.4, 0.5) is 0 Å². The van der Waals surface area contributed by atoms with E-state index in [1.54, 1.807) is 0 Å². The Balaban J connectivity index is 0. The minimum atomic E-state index is -0.125. The Kier molecular flexibility index (Phi) is 14.0. The van der Waals surface area contributed by atoms with Gasteiger partial charge in [0, 0.05) is 6.61 Å². The Hall–Kier alpha value is -0.120. The van der Waals surface area contributed by atoms with Crippen LogP contribution in [0.3, 0.4) is 0 Å². The monoisotopic (exact) mass is 192 g/mol. The number of aliphatic hydroxyl groups excluding tert-OH is 2. The lowest BCUT2D eigenvalue weighted by Gasteiger charge is -2.08. The Morgan fingerprint density at radius 1 is 1.00 bits per heavy atom. The normalized spacial score (nSPS) is 10.2. The zero-order chi connectivity index (χ0) is 10.7. The maximum Gasteiger partial charge on any atom is 0.0662 e. The van der Waals surface area contributed by atoms with Gasteiger partial charge in [0.25, 0.3) is 0 Å². The Labute approximate surface area is 81.7 Å². The molecule has 0 unspecified atom stereocenters. The molecule has 0 atom stereocenters. The zero-order valence-electron chi connectivity index (χ0n) is 9.29. The fourth-order valence-corrected chi connectivity index (χ4v) is 0.539. The second-order valence-electron chi connectivity index (χ2n) is 3.55. The van der Waals surface area contributed by atoms with E-state index in [1.807, 2.05) is 0 Å².